The largest absolute Gasteiger partial charge is 0.496 e. The molecule has 1 unspecified atom stereocenters. The molecule has 0 saturated carbocycles. The van der Waals surface area contributed by atoms with Gasteiger partial charge in [0.2, 0.25) is 0 Å². The molecule has 1 aromatic rings. The van der Waals surface area contributed by atoms with E-state index in [4.69, 9.17) is 9.47 Å². The number of rotatable bonds is 7. The highest BCUT2D eigenvalue weighted by Gasteiger charge is 2.10. The Hall–Kier alpha value is -0.580. The van der Waals surface area contributed by atoms with Gasteiger partial charge in [-0.25, -0.2) is 0 Å². The van der Waals surface area contributed by atoms with Crippen LogP contribution in [0.15, 0.2) is 22.7 Å². The Morgan fingerprint density at radius 1 is 1.33 bits per heavy atom. The Labute approximate surface area is 118 Å². The molecule has 0 spiro atoms. The van der Waals surface area contributed by atoms with E-state index in [0.717, 1.165) is 23.2 Å². The normalized spacial score (nSPS) is 12.8. The molecule has 1 rings (SSSR count). The molecule has 0 radical (unpaired) electrons. The molecule has 18 heavy (non-hydrogen) atoms. The Bertz CT molecular complexity index is 369. The lowest BCUT2D eigenvalue weighted by atomic mass is 10.1. The maximum atomic E-state index is 5.64. The summed E-state index contributed by atoms with van der Waals surface area (Å²) in [5, 5.41) is 3.28. The summed E-state index contributed by atoms with van der Waals surface area (Å²) in [5.41, 5.74) is 1.26. The molecular weight excluding hydrogens is 294 g/mol. The van der Waals surface area contributed by atoms with Gasteiger partial charge in [0.25, 0.3) is 0 Å². The predicted molar refractivity (Wildman–Crippen MR) is 78.3 cm³/mol. The van der Waals surface area contributed by atoms with Gasteiger partial charge in [0.15, 0.2) is 0 Å². The molecule has 3 nitrogen and oxygen atoms in total. The molecule has 1 aromatic carbocycles. The Balaban J connectivity index is 2.61. The summed E-state index contributed by atoms with van der Waals surface area (Å²) < 4.78 is 11.9. The van der Waals surface area contributed by atoms with Crippen LogP contribution in [0.4, 0.5) is 0 Å². The van der Waals surface area contributed by atoms with Gasteiger partial charge in [-0.1, -0.05) is 6.07 Å². The van der Waals surface area contributed by atoms with Crippen molar-refractivity contribution in [1.29, 1.82) is 0 Å². The maximum Gasteiger partial charge on any atom is 0.133 e. The van der Waals surface area contributed by atoms with Crippen LogP contribution in [-0.4, -0.2) is 32.9 Å². The molecule has 0 aliphatic rings. The average molecular weight is 316 g/mol. The fourth-order valence-corrected chi connectivity index (χ4v) is 2.26. The summed E-state index contributed by atoms with van der Waals surface area (Å²) in [4.78, 5) is 0. The topological polar surface area (TPSA) is 30.5 Å². The second-order valence-corrected chi connectivity index (χ2v) is 5.40. The molecule has 0 heterocycles. The van der Waals surface area contributed by atoms with E-state index in [2.05, 4.69) is 47.2 Å². The number of nitrogens with one attached hydrogen (secondary N) is 1. The van der Waals surface area contributed by atoms with E-state index in [0.29, 0.717) is 6.04 Å². The van der Waals surface area contributed by atoms with E-state index in [9.17, 15) is 0 Å². The highest BCUT2D eigenvalue weighted by Crippen LogP contribution is 2.26. The first kappa shape index (κ1) is 15.5. The predicted octanol–water partition coefficient (Wildman–Crippen LogP) is 3.01. The van der Waals surface area contributed by atoms with Gasteiger partial charge in [0.05, 0.1) is 24.3 Å². The third-order valence-electron chi connectivity index (χ3n) is 2.74. The summed E-state index contributed by atoms with van der Waals surface area (Å²) in [7, 11) is 3.64. The van der Waals surface area contributed by atoms with Crippen LogP contribution in [-0.2, 0) is 11.2 Å². The smallest absolute Gasteiger partial charge is 0.133 e. The lowest BCUT2D eigenvalue weighted by Gasteiger charge is -2.18. The number of hydrogen-bond donors (Lipinski definition) is 1. The van der Waals surface area contributed by atoms with Gasteiger partial charge < -0.3 is 14.8 Å². The van der Waals surface area contributed by atoms with Crippen molar-refractivity contribution in [3.05, 3.63) is 28.2 Å². The Morgan fingerprint density at radius 3 is 2.56 bits per heavy atom. The molecule has 0 bridgehead atoms. The fraction of sp³-hybridized carbons (Fsp3) is 0.571. The highest BCUT2D eigenvalue weighted by molar-refractivity contribution is 9.10. The SMILES string of the molecule is CNC(COC(C)C)Cc1ccc(OC)c(Br)c1. The molecule has 1 N–H and O–H groups in total. The first-order chi connectivity index (χ1) is 8.56. The zero-order valence-corrected chi connectivity index (χ0v) is 13.1. The molecule has 1 atom stereocenters. The van der Waals surface area contributed by atoms with Crippen molar-refractivity contribution in [1.82, 2.24) is 5.32 Å². The van der Waals surface area contributed by atoms with Crippen LogP contribution >= 0.6 is 15.9 Å². The minimum absolute atomic E-state index is 0.267. The first-order valence-corrected chi connectivity index (χ1v) is 6.97. The van der Waals surface area contributed by atoms with Gasteiger partial charge in [-0.15, -0.1) is 0 Å². The van der Waals surface area contributed by atoms with Crippen LogP contribution < -0.4 is 10.1 Å². The van der Waals surface area contributed by atoms with Crippen LogP contribution in [0.1, 0.15) is 19.4 Å². The summed E-state index contributed by atoms with van der Waals surface area (Å²) in [6, 6.07) is 6.49. The summed E-state index contributed by atoms with van der Waals surface area (Å²) >= 11 is 3.50. The van der Waals surface area contributed by atoms with Crippen LogP contribution in [0, 0.1) is 0 Å². The zero-order chi connectivity index (χ0) is 13.5. The molecule has 0 amide bonds. The highest BCUT2D eigenvalue weighted by atomic mass is 79.9. The lowest BCUT2D eigenvalue weighted by molar-refractivity contribution is 0.0628. The van der Waals surface area contributed by atoms with Gasteiger partial charge in [0, 0.05) is 6.04 Å². The number of halogens is 1. The van der Waals surface area contributed by atoms with Crippen LogP contribution in [0.3, 0.4) is 0 Å². The van der Waals surface area contributed by atoms with Gasteiger partial charge in [0.1, 0.15) is 5.75 Å². The molecule has 0 aliphatic heterocycles. The van der Waals surface area contributed by atoms with Gasteiger partial charge in [-0.05, 0) is 60.9 Å². The van der Waals surface area contributed by atoms with Crippen molar-refractivity contribution in [3.63, 3.8) is 0 Å². The van der Waals surface area contributed by atoms with Gasteiger partial charge in [-0.3, -0.25) is 0 Å². The van der Waals surface area contributed by atoms with E-state index < -0.39 is 0 Å². The minimum Gasteiger partial charge on any atom is -0.496 e. The zero-order valence-electron chi connectivity index (χ0n) is 11.5. The Kier molecular flexibility index (Phi) is 6.68. The number of ether oxygens (including phenoxy) is 2. The van der Waals surface area contributed by atoms with Crippen LogP contribution in [0.2, 0.25) is 0 Å². The molecule has 0 saturated heterocycles. The first-order valence-electron chi connectivity index (χ1n) is 6.18. The lowest BCUT2D eigenvalue weighted by Crippen LogP contribution is -2.33. The van der Waals surface area contributed by atoms with E-state index in [1.807, 2.05) is 13.1 Å². The number of benzene rings is 1. The number of hydrogen-bond acceptors (Lipinski definition) is 3. The quantitative estimate of drug-likeness (QED) is 0.839. The van der Waals surface area contributed by atoms with Crippen LogP contribution in [0.25, 0.3) is 0 Å². The monoisotopic (exact) mass is 315 g/mol. The van der Waals surface area contributed by atoms with Crippen molar-refractivity contribution in [2.45, 2.75) is 32.4 Å². The maximum absolute atomic E-state index is 5.64. The average Bonchev–Trinajstić information content (AvgIpc) is 2.34. The van der Waals surface area contributed by atoms with Crippen molar-refractivity contribution in [2.24, 2.45) is 0 Å². The van der Waals surface area contributed by atoms with Crippen molar-refractivity contribution in [3.8, 4) is 5.75 Å². The van der Waals surface area contributed by atoms with E-state index in [1.54, 1.807) is 7.11 Å². The van der Waals surface area contributed by atoms with Crippen LogP contribution in [0.5, 0.6) is 5.75 Å². The second-order valence-electron chi connectivity index (χ2n) is 4.54. The summed E-state index contributed by atoms with van der Waals surface area (Å²) in [6.07, 6.45) is 1.20. The molecule has 0 aliphatic carbocycles. The van der Waals surface area contributed by atoms with Crippen molar-refractivity contribution < 1.29 is 9.47 Å². The molecule has 102 valence electrons. The second kappa shape index (κ2) is 7.77. The molecule has 0 aromatic heterocycles. The van der Waals surface area contributed by atoms with Crippen molar-refractivity contribution in [2.75, 3.05) is 20.8 Å². The standard InChI is InChI=1S/C14H22BrNO2/c1-10(2)18-9-12(16-3)7-11-5-6-14(17-4)13(15)8-11/h5-6,8,10,12,16H,7,9H2,1-4H3. The molecular formula is C14H22BrNO2. The molecule has 4 heteroatoms. The summed E-state index contributed by atoms with van der Waals surface area (Å²) in [6.45, 7) is 4.82. The number of likely N-dealkylation sites (N-methyl/N-ethyl adjacent to an activating group) is 1. The fourth-order valence-electron chi connectivity index (χ4n) is 1.67. The Morgan fingerprint density at radius 2 is 2.06 bits per heavy atom. The van der Waals surface area contributed by atoms with E-state index in [-0.39, 0.29) is 6.10 Å². The van der Waals surface area contributed by atoms with E-state index >= 15 is 0 Å². The third kappa shape index (κ3) is 4.96. The number of methoxy groups -OCH3 is 1. The van der Waals surface area contributed by atoms with Gasteiger partial charge >= 0.3 is 0 Å². The molecule has 0 fully saturated rings. The third-order valence-corrected chi connectivity index (χ3v) is 3.36. The van der Waals surface area contributed by atoms with E-state index in [1.165, 1.54) is 5.56 Å². The van der Waals surface area contributed by atoms with Crippen molar-refractivity contribution >= 4 is 15.9 Å². The van der Waals surface area contributed by atoms with Gasteiger partial charge in [-0.2, -0.15) is 0 Å². The minimum atomic E-state index is 0.267. The summed E-state index contributed by atoms with van der Waals surface area (Å²) in [5.74, 6) is 0.859.